The second-order valence-corrected chi connectivity index (χ2v) is 7.27. The molecule has 0 bridgehead atoms. The summed E-state index contributed by atoms with van der Waals surface area (Å²) in [5.41, 5.74) is 1.02. The molecule has 7 heteroatoms. The number of para-hydroxylation sites is 1. The standard InChI is InChI=1S/C21H26N2O4S/c1-5-6-13-27-17-12-11-15(14-18(17)26-4)20(24)22-16-9-7-8-10-19(16)28-21(25)23(2)3/h7-12,14H,5-6,13H2,1-4H3,(H,22,24). The highest BCUT2D eigenvalue weighted by Gasteiger charge is 2.15. The van der Waals surface area contributed by atoms with Gasteiger partial charge in [0.25, 0.3) is 11.1 Å². The molecule has 0 aliphatic carbocycles. The van der Waals surface area contributed by atoms with Gasteiger partial charge in [0.2, 0.25) is 0 Å². The number of hydrogen-bond donors (Lipinski definition) is 1. The Labute approximate surface area is 170 Å². The number of carbonyl (C=O) groups is 2. The first kappa shape index (κ1) is 21.6. The summed E-state index contributed by atoms with van der Waals surface area (Å²) < 4.78 is 11.1. The molecule has 150 valence electrons. The summed E-state index contributed by atoms with van der Waals surface area (Å²) in [6.07, 6.45) is 1.99. The van der Waals surface area contributed by atoms with E-state index < -0.39 is 0 Å². The largest absolute Gasteiger partial charge is 0.493 e. The minimum atomic E-state index is -0.288. The van der Waals surface area contributed by atoms with Crippen molar-refractivity contribution in [3.8, 4) is 11.5 Å². The van der Waals surface area contributed by atoms with E-state index in [4.69, 9.17) is 9.47 Å². The maximum absolute atomic E-state index is 12.7. The van der Waals surface area contributed by atoms with E-state index in [0.29, 0.717) is 34.3 Å². The topological polar surface area (TPSA) is 67.9 Å². The van der Waals surface area contributed by atoms with Gasteiger partial charge in [-0.1, -0.05) is 25.5 Å². The molecule has 2 rings (SSSR count). The molecule has 6 nitrogen and oxygen atoms in total. The van der Waals surface area contributed by atoms with Crippen LogP contribution >= 0.6 is 11.8 Å². The zero-order valence-electron chi connectivity index (χ0n) is 16.7. The van der Waals surface area contributed by atoms with Gasteiger partial charge >= 0.3 is 0 Å². The van der Waals surface area contributed by atoms with Crippen LogP contribution in [0.3, 0.4) is 0 Å². The molecule has 0 atom stereocenters. The van der Waals surface area contributed by atoms with Gasteiger partial charge in [0.1, 0.15) is 0 Å². The number of thioether (sulfide) groups is 1. The number of ether oxygens (including phenoxy) is 2. The summed E-state index contributed by atoms with van der Waals surface area (Å²) in [4.78, 5) is 26.9. The van der Waals surface area contributed by atoms with Crippen LogP contribution in [0.2, 0.25) is 0 Å². The van der Waals surface area contributed by atoms with Gasteiger partial charge in [-0.05, 0) is 48.5 Å². The highest BCUT2D eigenvalue weighted by Crippen LogP contribution is 2.31. The molecule has 0 radical (unpaired) electrons. The van der Waals surface area contributed by atoms with Crippen molar-refractivity contribution in [3.63, 3.8) is 0 Å². The number of carbonyl (C=O) groups excluding carboxylic acids is 2. The van der Waals surface area contributed by atoms with Crippen LogP contribution in [-0.4, -0.2) is 43.9 Å². The van der Waals surface area contributed by atoms with Crippen LogP contribution in [0.25, 0.3) is 0 Å². The third-order valence-corrected chi connectivity index (χ3v) is 4.99. The average molecular weight is 403 g/mol. The fourth-order valence-corrected chi connectivity index (χ4v) is 3.04. The molecule has 0 spiro atoms. The summed E-state index contributed by atoms with van der Waals surface area (Å²) in [7, 11) is 4.92. The number of nitrogens with one attached hydrogen (secondary N) is 1. The molecule has 2 amide bonds. The lowest BCUT2D eigenvalue weighted by atomic mass is 10.2. The second kappa shape index (κ2) is 10.6. The lowest BCUT2D eigenvalue weighted by Gasteiger charge is -2.14. The van der Waals surface area contributed by atoms with Crippen LogP contribution in [-0.2, 0) is 0 Å². The molecular formula is C21H26N2O4S. The van der Waals surface area contributed by atoms with E-state index in [1.807, 2.05) is 12.1 Å². The molecule has 0 fully saturated rings. The second-order valence-electron chi connectivity index (χ2n) is 6.28. The van der Waals surface area contributed by atoms with Gasteiger partial charge < -0.3 is 19.7 Å². The van der Waals surface area contributed by atoms with Crippen molar-refractivity contribution >= 4 is 28.6 Å². The summed E-state index contributed by atoms with van der Waals surface area (Å²) in [5.74, 6) is 0.831. The van der Waals surface area contributed by atoms with Crippen molar-refractivity contribution in [2.24, 2.45) is 0 Å². The number of anilines is 1. The molecule has 0 aromatic heterocycles. The first-order valence-corrected chi connectivity index (χ1v) is 9.88. The number of amides is 2. The van der Waals surface area contributed by atoms with Crippen molar-refractivity contribution in [1.82, 2.24) is 4.90 Å². The van der Waals surface area contributed by atoms with Crippen molar-refractivity contribution in [2.45, 2.75) is 24.7 Å². The third-order valence-electron chi connectivity index (χ3n) is 3.88. The Morgan fingerprint density at radius 2 is 1.86 bits per heavy atom. The maximum Gasteiger partial charge on any atom is 0.286 e. The molecule has 0 unspecified atom stereocenters. The van der Waals surface area contributed by atoms with E-state index in [9.17, 15) is 9.59 Å². The summed E-state index contributed by atoms with van der Waals surface area (Å²) in [6, 6.07) is 12.3. The van der Waals surface area contributed by atoms with Crippen LogP contribution in [0.15, 0.2) is 47.4 Å². The molecule has 0 saturated carbocycles. The minimum absolute atomic E-state index is 0.114. The van der Waals surface area contributed by atoms with Crippen LogP contribution in [0.5, 0.6) is 11.5 Å². The van der Waals surface area contributed by atoms with Crippen LogP contribution in [0.4, 0.5) is 10.5 Å². The van der Waals surface area contributed by atoms with E-state index in [0.717, 1.165) is 24.6 Å². The molecule has 0 heterocycles. The molecule has 1 N–H and O–H groups in total. The number of unbranched alkanes of at least 4 members (excludes halogenated alkanes) is 1. The van der Waals surface area contributed by atoms with Crippen LogP contribution in [0.1, 0.15) is 30.1 Å². The van der Waals surface area contributed by atoms with Crippen molar-refractivity contribution < 1.29 is 19.1 Å². The van der Waals surface area contributed by atoms with Crippen molar-refractivity contribution in [2.75, 3.05) is 33.1 Å². The fourth-order valence-electron chi connectivity index (χ4n) is 2.29. The smallest absolute Gasteiger partial charge is 0.286 e. The molecule has 2 aromatic carbocycles. The maximum atomic E-state index is 12.7. The molecule has 2 aromatic rings. The number of rotatable bonds is 8. The van der Waals surface area contributed by atoms with E-state index >= 15 is 0 Å². The number of hydrogen-bond acceptors (Lipinski definition) is 5. The molecule has 0 aliphatic rings. The Bertz CT molecular complexity index is 824. The van der Waals surface area contributed by atoms with E-state index in [2.05, 4.69) is 12.2 Å². The third kappa shape index (κ3) is 5.92. The van der Waals surface area contributed by atoms with Gasteiger partial charge in [-0.15, -0.1) is 0 Å². The fraction of sp³-hybridized carbons (Fsp3) is 0.333. The predicted molar refractivity (Wildman–Crippen MR) is 113 cm³/mol. The zero-order chi connectivity index (χ0) is 20.5. The normalized spacial score (nSPS) is 10.3. The van der Waals surface area contributed by atoms with Gasteiger partial charge in [0, 0.05) is 24.6 Å². The Morgan fingerprint density at radius 1 is 1.11 bits per heavy atom. The first-order chi connectivity index (χ1) is 13.5. The Kier molecular flexibility index (Phi) is 8.19. The van der Waals surface area contributed by atoms with Gasteiger partial charge in [-0.3, -0.25) is 9.59 Å². The number of nitrogens with zero attached hydrogens (tertiary/aromatic N) is 1. The van der Waals surface area contributed by atoms with E-state index in [1.54, 1.807) is 51.5 Å². The van der Waals surface area contributed by atoms with Crippen molar-refractivity contribution in [1.29, 1.82) is 0 Å². The van der Waals surface area contributed by atoms with Gasteiger partial charge in [-0.2, -0.15) is 0 Å². The Balaban J connectivity index is 2.16. The van der Waals surface area contributed by atoms with E-state index in [-0.39, 0.29) is 11.1 Å². The molecule has 28 heavy (non-hydrogen) atoms. The zero-order valence-corrected chi connectivity index (χ0v) is 17.5. The van der Waals surface area contributed by atoms with Crippen molar-refractivity contribution in [3.05, 3.63) is 48.0 Å². The quantitative estimate of drug-likeness (QED) is 0.502. The Hall–Kier alpha value is -2.67. The minimum Gasteiger partial charge on any atom is -0.493 e. The molecule has 0 saturated heterocycles. The highest BCUT2D eigenvalue weighted by atomic mass is 32.2. The summed E-state index contributed by atoms with van der Waals surface area (Å²) in [5, 5.41) is 2.75. The van der Waals surface area contributed by atoms with Crippen LogP contribution in [0, 0.1) is 0 Å². The first-order valence-electron chi connectivity index (χ1n) is 9.06. The van der Waals surface area contributed by atoms with E-state index in [1.165, 1.54) is 4.90 Å². The molecular weight excluding hydrogens is 376 g/mol. The van der Waals surface area contributed by atoms with Gasteiger partial charge in [-0.25, -0.2) is 0 Å². The predicted octanol–water partition coefficient (Wildman–Crippen LogP) is 4.90. The Morgan fingerprint density at radius 3 is 2.54 bits per heavy atom. The van der Waals surface area contributed by atoms with Crippen LogP contribution < -0.4 is 14.8 Å². The molecule has 0 aliphatic heterocycles. The summed E-state index contributed by atoms with van der Waals surface area (Å²) >= 11 is 1.06. The highest BCUT2D eigenvalue weighted by molar-refractivity contribution is 8.13. The number of benzene rings is 2. The van der Waals surface area contributed by atoms with Gasteiger partial charge in [0.05, 0.1) is 19.4 Å². The lowest BCUT2D eigenvalue weighted by molar-refractivity contribution is 0.102. The van der Waals surface area contributed by atoms with Gasteiger partial charge in [0.15, 0.2) is 11.5 Å². The average Bonchev–Trinajstić information content (AvgIpc) is 2.69. The number of methoxy groups -OCH3 is 1. The lowest BCUT2D eigenvalue weighted by Crippen LogP contribution is -2.17. The SMILES string of the molecule is CCCCOc1ccc(C(=O)Nc2ccccc2SC(=O)N(C)C)cc1OC. The summed E-state index contributed by atoms with van der Waals surface area (Å²) in [6.45, 7) is 2.69. The monoisotopic (exact) mass is 402 g/mol.